The summed E-state index contributed by atoms with van der Waals surface area (Å²) >= 11 is 0. The van der Waals surface area contributed by atoms with Crippen LogP contribution in [0, 0.1) is 13.8 Å². The molecule has 0 unspecified atom stereocenters. The van der Waals surface area contributed by atoms with Crippen LogP contribution in [-0.2, 0) is 0 Å². The Morgan fingerprint density at radius 2 is 1.61 bits per heavy atom. The number of piperazine rings is 1. The third-order valence-corrected chi connectivity index (χ3v) is 7.92. The Morgan fingerprint density at radius 1 is 0.864 bits per heavy atom. The van der Waals surface area contributed by atoms with Gasteiger partial charge in [0, 0.05) is 50.2 Å². The molecule has 224 valence electrons. The standard InChI is InChI=1S/C35H36N6O3/c1-24-8-7-9-25(2)33(24)41(35(42)44-29-14-12-26-10-5-6-11-27(26)22-29)32-16-17-36-34(38-32)37-28-13-15-30(31(23-28)43-4)40-20-18-39(3)19-21-40/h5-17,22-23H,18-21H2,1-4H3,(H,36,37,38). The number of hydrogen-bond donors (Lipinski definition) is 1. The number of anilines is 5. The SMILES string of the molecule is COc1cc(Nc2nccc(N(C(=O)Oc3ccc4ccccc4c3)c3c(C)cccc3C)n2)ccc1N1CCN(C)CC1. The van der Waals surface area contributed by atoms with E-state index < -0.39 is 6.09 Å². The lowest BCUT2D eigenvalue weighted by Gasteiger charge is -2.34. The molecule has 0 spiro atoms. The number of nitrogens with zero attached hydrogens (tertiary/aromatic N) is 5. The summed E-state index contributed by atoms with van der Waals surface area (Å²) in [6.07, 6.45) is 1.06. The third-order valence-electron chi connectivity index (χ3n) is 7.92. The molecule has 0 saturated carbocycles. The molecule has 1 aliphatic rings. The molecule has 44 heavy (non-hydrogen) atoms. The van der Waals surface area contributed by atoms with Gasteiger partial charge in [-0.1, -0.05) is 48.5 Å². The summed E-state index contributed by atoms with van der Waals surface area (Å²) < 4.78 is 11.7. The molecular weight excluding hydrogens is 552 g/mol. The number of nitrogens with one attached hydrogen (secondary N) is 1. The molecular formula is C35H36N6O3. The number of methoxy groups -OCH3 is 1. The van der Waals surface area contributed by atoms with Crippen molar-refractivity contribution in [2.45, 2.75) is 13.8 Å². The van der Waals surface area contributed by atoms with Crippen LogP contribution < -0.4 is 24.6 Å². The van der Waals surface area contributed by atoms with Gasteiger partial charge in [-0.15, -0.1) is 0 Å². The predicted octanol–water partition coefficient (Wildman–Crippen LogP) is 7.09. The number of carbonyl (C=O) groups is 1. The van der Waals surface area contributed by atoms with Crippen LogP contribution in [0.4, 0.5) is 33.6 Å². The van der Waals surface area contributed by atoms with Crippen LogP contribution in [0.1, 0.15) is 11.1 Å². The van der Waals surface area contributed by atoms with Gasteiger partial charge in [-0.05, 0) is 67.1 Å². The Labute approximate surface area is 257 Å². The zero-order valence-corrected chi connectivity index (χ0v) is 25.4. The molecule has 1 aromatic heterocycles. The fraction of sp³-hybridized carbons (Fsp3) is 0.229. The van der Waals surface area contributed by atoms with Gasteiger partial charge in [-0.3, -0.25) is 0 Å². The number of para-hydroxylation sites is 1. The Bertz CT molecular complexity index is 1780. The fourth-order valence-electron chi connectivity index (χ4n) is 5.56. The minimum atomic E-state index is -0.569. The summed E-state index contributed by atoms with van der Waals surface area (Å²) in [6.45, 7) is 7.82. The van der Waals surface area contributed by atoms with Gasteiger partial charge in [-0.2, -0.15) is 4.98 Å². The number of carbonyl (C=O) groups excluding carboxylic acids is 1. The first-order valence-corrected chi connectivity index (χ1v) is 14.7. The molecule has 0 aliphatic carbocycles. The van der Waals surface area contributed by atoms with Gasteiger partial charge in [-0.25, -0.2) is 14.7 Å². The van der Waals surface area contributed by atoms with Gasteiger partial charge in [0.2, 0.25) is 5.95 Å². The van der Waals surface area contributed by atoms with Crippen LogP contribution in [0.15, 0.2) is 91.1 Å². The van der Waals surface area contributed by atoms with Crippen molar-refractivity contribution in [1.29, 1.82) is 0 Å². The van der Waals surface area contributed by atoms with Crippen LogP contribution in [0.5, 0.6) is 11.5 Å². The minimum absolute atomic E-state index is 0.339. The fourth-order valence-corrected chi connectivity index (χ4v) is 5.56. The van der Waals surface area contributed by atoms with E-state index in [1.54, 1.807) is 25.4 Å². The van der Waals surface area contributed by atoms with E-state index in [-0.39, 0.29) is 0 Å². The third kappa shape index (κ3) is 6.14. The maximum atomic E-state index is 13.9. The van der Waals surface area contributed by atoms with Crippen molar-refractivity contribution in [2.24, 2.45) is 0 Å². The highest BCUT2D eigenvalue weighted by molar-refractivity contribution is 5.98. The van der Waals surface area contributed by atoms with E-state index in [1.807, 2.05) is 80.6 Å². The van der Waals surface area contributed by atoms with Gasteiger partial charge in [0.15, 0.2) is 0 Å². The number of fused-ring (bicyclic) bond motifs is 1. The van der Waals surface area contributed by atoms with Crippen LogP contribution in [0.25, 0.3) is 10.8 Å². The molecule has 6 rings (SSSR count). The number of aryl methyl sites for hydroxylation is 2. The summed E-state index contributed by atoms with van der Waals surface area (Å²) in [6, 6.07) is 27.2. The first kappa shape index (κ1) is 28.9. The topological polar surface area (TPSA) is 83.1 Å². The molecule has 1 fully saturated rings. The average Bonchev–Trinajstić information content (AvgIpc) is 3.03. The molecule has 0 atom stereocenters. The second kappa shape index (κ2) is 12.6. The maximum absolute atomic E-state index is 13.9. The zero-order chi connectivity index (χ0) is 30.6. The highest BCUT2D eigenvalue weighted by Gasteiger charge is 2.26. The van der Waals surface area contributed by atoms with Gasteiger partial charge in [0.1, 0.15) is 17.3 Å². The molecule has 2 heterocycles. The second-order valence-electron chi connectivity index (χ2n) is 11.0. The number of aromatic nitrogens is 2. The van der Waals surface area contributed by atoms with Crippen molar-refractivity contribution in [3.63, 3.8) is 0 Å². The lowest BCUT2D eigenvalue weighted by molar-refractivity contribution is 0.210. The van der Waals surface area contributed by atoms with Crippen molar-refractivity contribution in [3.8, 4) is 11.5 Å². The van der Waals surface area contributed by atoms with Crippen molar-refractivity contribution >= 4 is 45.7 Å². The van der Waals surface area contributed by atoms with Crippen LogP contribution in [0.2, 0.25) is 0 Å². The number of ether oxygens (including phenoxy) is 2. The van der Waals surface area contributed by atoms with Crippen LogP contribution in [-0.4, -0.2) is 61.3 Å². The summed E-state index contributed by atoms with van der Waals surface area (Å²) in [4.78, 5) is 29.3. The highest BCUT2D eigenvalue weighted by atomic mass is 16.6. The molecule has 0 bridgehead atoms. The van der Waals surface area contributed by atoms with Crippen molar-refractivity contribution in [2.75, 3.05) is 55.5 Å². The molecule has 9 nitrogen and oxygen atoms in total. The van der Waals surface area contributed by atoms with E-state index in [9.17, 15) is 4.79 Å². The number of amides is 1. The highest BCUT2D eigenvalue weighted by Crippen LogP contribution is 2.35. The Hall–Kier alpha value is -5.15. The van der Waals surface area contributed by atoms with Crippen molar-refractivity contribution < 1.29 is 14.3 Å². The zero-order valence-electron chi connectivity index (χ0n) is 25.4. The van der Waals surface area contributed by atoms with Crippen molar-refractivity contribution in [1.82, 2.24) is 14.9 Å². The summed E-state index contributed by atoms with van der Waals surface area (Å²) in [7, 11) is 3.82. The first-order chi connectivity index (χ1) is 21.4. The molecule has 1 amide bonds. The number of hydrogen-bond acceptors (Lipinski definition) is 8. The summed E-state index contributed by atoms with van der Waals surface area (Å²) in [5.41, 5.74) is 4.37. The van der Waals surface area contributed by atoms with E-state index in [0.717, 1.165) is 65.2 Å². The molecule has 9 heteroatoms. The van der Waals surface area contributed by atoms with Crippen molar-refractivity contribution in [3.05, 3.63) is 102 Å². The normalized spacial score (nSPS) is 13.5. The van der Waals surface area contributed by atoms with Gasteiger partial charge >= 0.3 is 6.09 Å². The Kier molecular flexibility index (Phi) is 8.29. The van der Waals surface area contributed by atoms with Crippen LogP contribution in [0.3, 0.4) is 0 Å². The van der Waals surface area contributed by atoms with E-state index in [0.29, 0.717) is 23.2 Å². The van der Waals surface area contributed by atoms with E-state index >= 15 is 0 Å². The maximum Gasteiger partial charge on any atom is 0.425 e. The first-order valence-electron chi connectivity index (χ1n) is 14.7. The van der Waals surface area contributed by atoms with Crippen LogP contribution >= 0.6 is 0 Å². The quantitative estimate of drug-likeness (QED) is 0.216. The second-order valence-corrected chi connectivity index (χ2v) is 11.0. The van der Waals surface area contributed by atoms with Gasteiger partial charge in [0.05, 0.1) is 18.5 Å². The van der Waals surface area contributed by atoms with E-state index in [1.165, 1.54) is 4.90 Å². The summed E-state index contributed by atoms with van der Waals surface area (Å²) in [5, 5.41) is 5.35. The monoisotopic (exact) mass is 588 g/mol. The summed E-state index contributed by atoms with van der Waals surface area (Å²) in [5.74, 6) is 1.94. The lowest BCUT2D eigenvalue weighted by Crippen LogP contribution is -2.44. The van der Waals surface area contributed by atoms with E-state index in [4.69, 9.17) is 14.5 Å². The Morgan fingerprint density at radius 3 is 2.36 bits per heavy atom. The Balaban J connectivity index is 1.30. The van der Waals surface area contributed by atoms with Gasteiger partial charge in [0.25, 0.3) is 0 Å². The molecule has 1 N–H and O–H groups in total. The number of benzene rings is 4. The number of rotatable bonds is 7. The molecule has 1 aliphatic heterocycles. The predicted molar refractivity (Wildman–Crippen MR) is 176 cm³/mol. The average molecular weight is 589 g/mol. The molecule has 4 aromatic carbocycles. The van der Waals surface area contributed by atoms with Gasteiger partial charge < -0.3 is 24.6 Å². The molecule has 1 saturated heterocycles. The smallest absolute Gasteiger partial charge is 0.425 e. The molecule has 0 radical (unpaired) electrons. The molecule has 5 aromatic rings. The lowest BCUT2D eigenvalue weighted by atomic mass is 10.1. The minimum Gasteiger partial charge on any atom is -0.495 e. The van der Waals surface area contributed by atoms with E-state index in [2.05, 4.69) is 33.2 Å². The number of likely N-dealkylation sites (N-methyl/N-ethyl adjacent to an activating group) is 1. The largest absolute Gasteiger partial charge is 0.495 e.